The van der Waals surface area contributed by atoms with Crippen LogP contribution in [0, 0.1) is 0 Å². The van der Waals surface area contributed by atoms with Crippen LogP contribution in [-0.4, -0.2) is 30.6 Å². The largest absolute Gasteiger partial charge is 0.465 e. The van der Waals surface area contributed by atoms with E-state index in [1.54, 1.807) is 6.92 Å². The maximum Gasteiger partial charge on any atom is 0.325 e. The SMILES string of the molecule is CCOC(=O)CNC(=O)C1(N)CCCCC1.Cl. The summed E-state index contributed by atoms with van der Waals surface area (Å²) < 4.78 is 4.72. The molecule has 1 rings (SSSR count). The molecule has 3 N–H and O–H groups in total. The third-order valence-electron chi connectivity index (χ3n) is 2.90. The van der Waals surface area contributed by atoms with Gasteiger partial charge in [-0.25, -0.2) is 0 Å². The molecule has 1 fully saturated rings. The molecular formula is C11H21ClN2O3. The maximum absolute atomic E-state index is 11.8. The lowest BCUT2D eigenvalue weighted by molar-refractivity contribution is -0.144. The van der Waals surface area contributed by atoms with Gasteiger partial charge in [0.2, 0.25) is 5.91 Å². The van der Waals surface area contributed by atoms with Gasteiger partial charge in [0.05, 0.1) is 12.1 Å². The molecule has 0 unspecified atom stereocenters. The van der Waals surface area contributed by atoms with Crippen LogP contribution >= 0.6 is 12.4 Å². The van der Waals surface area contributed by atoms with Gasteiger partial charge in [0, 0.05) is 0 Å². The average molecular weight is 265 g/mol. The molecule has 0 aromatic carbocycles. The molecule has 17 heavy (non-hydrogen) atoms. The third-order valence-corrected chi connectivity index (χ3v) is 2.90. The fourth-order valence-corrected chi connectivity index (χ4v) is 1.95. The molecule has 0 heterocycles. The molecular weight excluding hydrogens is 244 g/mol. The van der Waals surface area contributed by atoms with Crippen LogP contribution in [0.5, 0.6) is 0 Å². The Bertz CT molecular complexity index is 265. The van der Waals surface area contributed by atoms with Crippen molar-refractivity contribution in [3.63, 3.8) is 0 Å². The Balaban J connectivity index is 0.00000256. The molecule has 0 atom stereocenters. The van der Waals surface area contributed by atoms with Crippen molar-refractivity contribution in [3.8, 4) is 0 Å². The second-order valence-electron chi connectivity index (χ2n) is 4.20. The molecule has 1 aliphatic carbocycles. The standard InChI is InChI=1S/C11H20N2O3.ClH/c1-2-16-9(14)8-13-10(15)11(12)6-4-3-5-7-11;/h2-8,12H2,1H3,(H,13,15);1H. The number of esters is 1. The van der Waals surface area contributed by atoms with Crippen LogP contribution in [0.25, 0.3) is 0 Å². The lowest BCUT2D eigenvalue weighted by Crippen LogP contribution is -2.55. The van der Waals surface area contributed by atoms with Crippen molar-refractivity contribution in [2.45, 2.75) is 44.6 Å². The monoisotopic (exact) mass is 264 g/mol. The summed E-state index contributed by atoms with van der Waals surface area (Å²) in [5.74, 6) is -0.657. The number of carbonyl (C=O) groups excluding carboxylic acids is 2. The summed E-state index contributed by atoms with van der Waals surface area (Å²) in [6.45, 7) is 1.96. The number of nitrogens with one attached hydrogen (secondary N) is 1. The number of carbonyl (C=O) groups is 2. The van der Waals surface area contributed by atoms with E-state index in [2.05, 4.69) is 5.32 Å². The highest BCUT2D eigenvalue weighted by atomic mass is 35.5. The Labute approximate surface area is 108 Å². The summed E-state index contributed by atoms with van der Waals surface area (Å²) in [5.41, 5.74) is 5.21. The zero-order valence-corrected chi connectivity index (χ0v) is 11.0. The number of rotatable bonds is 4. The fourth-order valence-electron chi connectivity index (χ4n) is 1.95. The van der Waals surface area contributed by atoms with Gasteiger partial charge < -0.3 is 15.8 Å². The van der Waals surface area contributed by atoms with Crippen LogP contribution in [0.1, 0.15) is 39.0 Å². The summed E-state index contributed by atoms with van der Waals surface area (Å²) in [4.78, 5) is 22.8. The van der Waals surface area contributed by atoms with Gasteiger partial charge in [0.1, 0.15) is 6.54 Å². The highest BCUT2D eigenvalue weighted by molar-refractivity contribution is 5.89. The van der Waals surface area contributed by atoms with Gasteiger partial charge in [-0.15, -0.1) is 12.4 Å². The number of halogens is 1. The Morgan fingerprint density at radius 1 is 1.29 bits per heavy atom. The topological polar surface area (TPSA) is 81.4 Å². The molecule has 0 saturated heterocycles. The second kappa shape index (κ2) is 7.50. The van der Waals surface area contributed by atoms with E-state index in [-0.39, 0.29) is 24.9 Å². The lowest BCUT2D eigenvalue weighted by atomic mass is 9.82. The fraction of sp³-hybridized carbons (Fsp3) is 0.818. The first-order chi connectivity index (χ1) is 7.58. The van der Waals surface area contributed by atoms with Gasteiger partial charge in [-0.05, 0) is 19.8 Å². The molecule has 5 nitrogen and oxygen atoms in total. The van der Waals surface area contributed by atoms with E-state index in [9.17, 15) is 9.59 Å². The quantitative estimate of drug-likeness (QED) is 0.734. The zero-order chi connectivity index (χ0) is 12.0. The van der Waals surface area contributed by atoms with Crippen LogP contribution < -0.4 is 11.1 Å². The van der Waals surface area contributed by atoms with Gasteiger partial charge in [0.25, 0.3) is 0 Å². The van der Waals surface area contributed by atoms with Crippen molar-refractivity contribution in [3.05, 3.63) is 0 Å². The van der Waals surface area contributed by atoms with Gasteiger partial charge in [-0.3, -0.25) is 9.59 Å². The van der Waals surface area contributed by atoms with Crippen LogP contribution in [-0.2, 0) is 14.3 Å². The van der Waals surface area contributed by atoms with E-state index in [1.807, 2.05) is 0 Å². The molecule has 100 valence electrons. The van der Waals surface area contributed by atoms with Crippen molar-refractivity contribution in [1.29, 1.82) is 0 Å². The van der Waals surface area contributed by atoms with E-state index in [1.165, 1.54) is 0 Å². The minimum Gasteiger partial charge on any atom is -0.465 e. The van der Waals surface area contributed by atoms with E-state index in [0.29, 0.717) is 19.4 Å². The molecule has 1 saturated carbocycles. The van der Waals surface area contributed by atoms with Crippen molar-refractivity contribution in [2.75, 3.05) is 13.2 Å². The molecule has 0 aromatic rings. The van der Waals surface area contributed by atoms with E-state index in [0.717, 1.165) is 19.3 Å². The lowest BCUT2D eigenvalue weighted by Gasteiger charge is -2.31. The van der Waals surface area contributed by atoms with Crippen LogP contribution in [0.2, 0.25) is 0 Å². The smallest absolute Gasteiger partial charge is 0.325 e. The molecule has 0 radical (unpaired) electrons. The predicted octanol–water partition coefficient (Wildman–Crippen LogP) is 0.749. The summed E-state index contributed by atoms with van der Waals surface area (Å²) in [6, 6.07) is 0. The van der Waals surface area contributed by atoms with Gasteiger partial charge in [-0.1, -0.05) is 19.3 Å². The van der Waals surface area contributed by atoms with Crippen LogP contribution in [0.4, 0.5) is 0 Å². The number of nitrogens with two attached hydrogens (primary N) is 1. The predicted molar refractivity (Wildman–Crippen MR) is 66.9 cm³/mol. The average Bonchev–Trinajstić information content (AvgIpc) is 2.27. The van der Waals surface area contributed by atoms with Crippen molar-refractivity contribution in [1.82, 2.24) is 5.32 Å². The molecule has 0 aliphatic heterocycles. The summed E-state index contributed by atoms with van der Waals surface area (Å²) in [5, 5.41) is 2.54. The van der Waals surface area contributed by atoms with Crippen molar-refractivity contribution >= 4 is 24.3 Å². The minimum absolute atomic E-state index is 0. The Hall–Kier alpha value is -0.810. The van der Waals surface area contributed by atoms with Gasteiger partial charge in [-0.2, -0.15) is 0 Å². The van der Waals surface area contributed by atoms with E-state index >= 15 is 0 Å². The Morgan fingerprint density at radius 3 is 2.41 bits per heavy atom. The Kier molecular flexibility index (Phi) is 7.15. The number of hydrogen-bond donors (Lipinski definition) is 2. The summed E-state index contributed by atoms with van der Waals surface area (Å²) >= 11 is 0. The molecule has 1 amide bonds. The number of hydrogen-bond acceptors (Lipinski definition) is 4. The summed E-state index contributed by atoms with van der Waals surface area (Å²) in [7, 11) is 0. The highest BCUT2D eigenvalue weighted by Gasteiger charge is 2.35. The van der Waals surface area contributed by atoms with E-state index < -0.39 is 11.5 Å². The summed E-state index contributed by atoms with van der Waals surface area (Å²) in [6.07, 6.45) is 4.47. The number of ether oxygens (including phenoxy) is 1. The normalized spacial score (nSPS) is 17.8. The molecule has 0 spiro atoms. The first-order valence-electron chi connectivity index (χ1n) is 5.81. The van der Waals surface area contributed by atoms with Crippen molar-refractivity contribution in [2.24, 2.45) is 5.73 Å². The zero-order valence-electron chi connectivity index (χ0n) is 10.2. The van der Waals surface area contributed by atoms with Gasteiger partial charge >= 0.3 is 5.97 Å². The number of amides is 1. The first-order valence-corrected chi connectivity index (χ1v) is 5.81. The van der Waals surface area contributed by atoms with E-state index in [4.69, 9.17) is 10.5 Å². The van der Waals surface area contributed by atoms with Crippen LogP contribution in [0.15, 0.2) is 0 Å². The molecule has 0 bridgehead atoms. The van der Waals surface area contributed by atoms with Crippen molar-refractivity contribution < 1.29 is 14.3 Å². The molecule has 0 aromatic heterocycles. The Morgan fingerprint density at radius 2 is 1.88 bits per heavy atom. The highest BCUT2D eigenvalue weighted by Crippen LogP contribution is 2.25. The van der Waals surface area contributed by atoms with Gasteiger partial charge in [0.15, 0.2) is 0 Å². The molecule has 6 heteroatoms. The third kappa shape index (κ3) is 4.91. The second-order valence-corrected chi connectivity index (χ2v) is 4.20. The molecule has 1 aliphatic rings. The minimum atomic E-state index is -0.787. The maximum atomic E-state index is 11.8. The first kappa shape index (κ1) is 16.2. The van der Waals surface area contributed by atoms with Crippen LogP contribution in [0.3, 0.4) is 0 Å².